The predicted molar refractivity (Wildman–Crippen MR) is 110 cm³/mol. The van der Waals surface area contributed by atoms with Crippen LogP contribution in [0, 0.1) is 5.92 Å². The molecule has 1 fully saturated rings. The lowest BCUT2D eigenvalue weighted by atomic mass is 9.94. The molecule has 0 aromatic rings. The first kappa shape index (κ1) is 20.9. The van der Waals surface area contributed by atoms with Crippen LogP contribution in [0.2, 0.25) is 0 Å². The van der Waals surface area contributed by atoms with Gasteiger partial charge in [-0.25, -0.2) is 4.79 Å². The summed E-state index contributed by atoms with van der Waals surface area (Å²) in [5.74, 6) is -1.62. The van der Waals surface area contributed by atoms with E-state index >= 15 is 0 Å². The lowest BCUT2D eigenvalue weighted by molar-refractivity contribution is -0.142. The molecule has 2 aliphatic carbocycles. The first-order valence-electron chi connectivity index (χ1n) is 10.3. The second-order valence-electron chi connectivity index (χ2n) is 8.71. The van der Waals surface area contributed by atoms with Crippen LogP contribution in [-0.4, -0.2) is 50.9 Å². The van der Waals surface area contributed by atoms with E-state index in [9.17, 15) is 24.7 Å². The molecule has 1 unspecified atom stereocenters. The van der Waals surface area contributed by atoms with E-state index in [0.717, 1.165) is 35.5 Å². The molecule has 0 bridgehead atoms. The molecule has 9 heteroatoms. The van der Waals surface area contributed by atoms with Crippen molar-refractivity contribution in [3.63, 3.8) is 0 Å². The molecule has 2 aliphatic heterocycles. The third kappa shape index (κ3) is 3.75. The predicted octanol–water partition coefficient (Wildman–Crippen LogP) is 2.86. The molecule has 3 N–H and O–H groups in total. The molecule has 0 spiro atoms. The monoisotopic (exact) mass is 427 g/mol. The first-order valence-corrected chi connectivity index (χ1v) is 10.3. The summed E-state index contributed by atoms with van der Waals surface area (Å²) in [5, 5.41) is 25.1. The fraction of sp³-hybridized carbons (Fsp3) is 0.455. The molecule has 1 saturated heterocycles. The third-order valence-corrected chi connectivity index (χ3v) is 6.13. The molecule has 31 heavy (non-hydrogen) atoms. The second-order valence-corrected chi connectivity index (χ2v) is 8.71. The maximum absolute atomic E-state index is 12.3. The number of hydrogen-bond acceptors (Lipinski definition) is 6. The normalized spacial score (nSPS) is 19.0. The quantitative estimate of drug-likeness (QED) is 0.269. The number of aliphatic carboxylic acids is 1. The third-order valence-electron chi connectivity index (χ3n) is 6.13. The van der Waals surface area contributed by atoms with Gasteiger partial charge in [-0.15, -0.1) is 0 Å². The molecule has 2 heterocycles. The fourth-order valence-corrected chi connectivity index (χ4v) is 4.40. The van der Waals surface area contributed by atoms with Gasteiger partial charge in [0.2, 0.25) is 0 Å². The van der Waals surface area contributed by atoms with Gasteiger partial charge in [-0.05, 0) is 62.8 Å². The summed E-state index contributed by atoms with van der Waals surface area (Å²) < 4.78 is 5.80. The number of nitrogens with one attached hydrogen (secondary N) is 1. The van der Waals surface area contributed by atoms with Crippen LogP contribution in [0.1, 0.15) is 49.8 Å². The molecule has 4 aliphatic rings. The number of carbonyl (C=O) groups is 3. The molecular weight excluding hydrogens is 402 g/mol. The largest absolute Gasteiger partial charge is 0.481 e. The minimum absolute atomic E-state index is 0.0354. The Morgan fingerprint density at radius 1 is 1.32 bits per heavy atom. The summed E-state index contributed by atoms with van der Waals surface area (Å²) in [4.78, 5) is 37.2. The zero-order valence-corrected chi connectivity index (χ0v) is 17.5. The van der Waals surface area contributed by atoms with E-state index in [1.807, 2.05) is 6.07 Å². The molecule has 4 rings (SSSR count). The van der Waals surface area contributed by atoms with Gasteiger partial charge in [0.1, 0.15) is 17.6 Å². The van der Waals surface area contributed by atoms with Gasteiger partial charge in [0.05, 0.1) is 11.6 Å². The van der Waals surface area contributed by atoms with Gasteiger partial charge >= 0.3 is 12.0 Å². The number of fused-ring (bicyclic) bond motifs is 3. The highest BCUT2D eigenvalue weighted by Gasteiger charge is 2.44. The highest BCUT2D eigenvalue weighted by Crippen LogP contribution is 2.38. The standard InChI is InChI=1S/C22H25N3O6/c1-22(2)20(28)25(21(29)23-22)7-6-13(19(26)27)10-17(24-30)15-9-14-8-12-4-3-5-16(12)18(14)31-11-15/h8-9,11,13,30H,3-7,10H2,1-2H3,(H,23,29)(H,26,27). The van der Waals surface area contributed by atoms with Gasteiger partial charge in [0.15, 0.2) is 0 Å². The summed E-state index contributed by atoms with van der Waals surface area (Å²) in [7, 11) is 0. The molecule has 3 amide bonds. The van der Waals surface area contributed by atoms with Gasteiger partial charge in [-0.1, -0.05) is 5.16 Å². The number of urea groups is 1. The van der Waals surface area contributed by atoms with E-state index < -0.39 is 29.4 Å². The van der Waals surface area contributed by atoms with Crippen LogP contribution in [0.25, 0.3) is 11.3 Å². The Labute approximate surface area is 179 Å². The summed E-state index contributed by atoms with van der Waals surface area (Å²) >= 11 is 0. The lowest BCUT2D eigenvalue weighted by Gasteiger charge is -2.19. The van der Waals surface area contributed by atoms with Crippen molar-refractivity contribution in [3.8, 4) is 11.3 Å². The number of hydrogen-bond donors (Lipinski definition) is 3. The number of rotatable bonds is 7. The number of carboxylic acids is 1. The van der Waals surface area contributed by atoms with E-state index in [2.05, 4.69) is 16.5 Å². The van der Waals surface area contributed by atoms with Crippen molar-refractivity contribution in [1.82, 2.24) is 10.2 Å². The average Bonchev–Trinajstić information content (AvgIpc) is 3.34. The highest BCUT2D eigenvalue weighted by molar-refractivity contribution is 6.06. The summed E-state index contributed by atoms with van der Waals surface area (Å²) in [6.07, 6.45) is 4.54. The number of amides is 3. The number of aryl methyl sites for hydroxylation is 1. The zero-order chi connectivity index (χ0) is 22.3. The van der Waals surface area contributed by atoms with E-state index in [1.54, 1.807) is 13.8 Å². The Hall–Kier alpha value is -3.36. The van der Waals surface area contributed by atoms with Crippen LogP contribution in [0.4, 0.5) is 4.79 Å². The minimum atomic E-state index is -1.10. The first-order chi connectivity index (χ1) is 14.7. The lowest BCUT2D eigenvalue weighted by Crippen LogP contribution is -2.40. The Morgan fingerprint density at radius 2 is 2.10 bits per heavy atom. The number of oxime groups is 1. The van der Waals surface area contributed by atoms with Crippen molar-refractivity contribution in [2.45, 2.75) is 51.5 Å². The van der Waals surface area contributed by atoms with Crippen molar-refractivity contribution in [2.75, 3.05) is 6.54 Å². The van der Waals surface area contributed by atoms with Crippen LogP contribution in [0.15, 0.2) is 28.0 Å². The van der Waals surface area contributed by atoms with Gasteiger partial charge < -0.3 is 20.0 Å². The second kappa shape index (κ2) is 7.72. The fourth-order valence-electron chi connectivity index (χ4n) is 4.40. The molecular formula is C22H25N3O6. The Kier molecular flexibility index (Phi) is 5.20. The van der Waals surface area contributed by atoms with Gasteiger partial charge in [-0.3, -0.25) is 14.5 Å². The topological polar surface area (TPSA) is 132 Å². The van der Waals surface area contributed by atoms with Crippen molar-refractivity contribution < 1.29 is 29.1 Å². The van der Waals surface area contributed by atoms with E-state index in [1.165, 1.54) is 17.4 Å². The molecule has 0 radical (unpaired) electrons. The maximum atomic E-state index is 12.3. The van der Waals surface area contributed by atoms with E-state index in [4.69, 9.17) is 4.42 Å². The zero-order valence-electron chi connectivity index (χ0n) is 17.5. The molecule has 164 valence electrons. The van der Waals surface area contributed by atoms with Crippen molar-refractivity contribution in [1.29, 1.82) is 0 Å². The van der Waals surface area contributed by atoms with Gasteiger partial charge in [0.25, 0.3) is 5.91 Å². The summed E-state index contributed by atoms with van der Waals surface area (Å²) in [6, 6.07) is 3.36. The Balaban J connectivity index is 1.49. The van der Waals surface area contributed by atoms with Crippen molar-refractivity contribution >= 4 is 23.6 Å². The Morgan fingerprint density at radius 3 is 2.74 bits per heavy atom. The highest BCUT2D eigenvalue weighted by atomic mass is 16.4. The van der Waals surface area contributed by atoms with E-state index in [-0.39, 0.29) is 25.1 Å². The number of carboxylic acid groups (broad SMARTS) is 1. The van der Waals surface area contributed by atoms with E-state index in [0.29, 0.717) is 5.56 Å². The van der Waals surface area contributed by atoms with Crippen LogP contribution in [0.3, 0.4) is 0 Å². The van der Waals surface area contributed by atoms with Gasteiger partial charge in [0, 0.05) is 24.1 Å². The van der Waals surface area contributed by atoms with Crippen LogP contribution < -0.4 is 5.32 Å². The molecule has 0 aromatic heterocycles. The number of carbonyl (C=O) groups excluding carboxylic acids is 2. The number of nitrogens with zero attached hydrogens (tertiary/aromatic N) is 2. The Bertz CT molecular complexity index is 1050. The summed E-state index contributed by atoms with van der Waals surface area (Å²) in [6.45, 7) is 3.15. The van der Waals surface area contributed by atoms with Crippen molar-refractivity contribution in [2.24, 2.45) is 11.1 Å². The van der Waals surface area contributed by atoms with Crippen LogP contribution in [0.5, 0.6) is 0 Å². The van der Waals surface area contributed by atoms with Crippen molar-refractivity contribution in [3.05, 3.63) is 35.1 Å². The maximum Gasteiger partial charge on any atom is 0.325 e. The molecule has 9 nitrogen and oxygen atoms in total. The molecule has 0 aromatic carbocycles. The average molecular weight is 427 g/mol. The summed E-state index contributed by atoms with van der Waals surface area (Å²) in [5.41, 5.74) is 3.04. The van der Waals surface area contributed by atoms with Gasteiger partial charge in [-0.2, -0.15) is 0 Å². The number of imide groups is 1. The van der Waals surface area contributed by atoms with Crippen LogP contribution >= 0.6 is 0 Å². The molecule has 1 atom stereocenters. The smallest absolute Gasteiger partial charge is 0.325 e. The molecule has 0 saturated carbocycles. The minimum Gasteiger partial charge on any atom is -0.481 e. The van der Waals surface area contributed by atoms with Crippen LogP contribution in [-0.2, 0) is 22.4 Å². The SMILES string of the molecule is CC1(C)NC(=O)N(CCC(CC(=NO)c2coc3c4c(cc-3c2)CCC4)C(=O)O)C1=O.